The van der Waals surface area contributed by atoms with Crippen molar-refractivity contribution in [2.75, 3.05) is 18.1 Å². The zero-order chi connectivity index (χ0) is 21.2. The monoisotopic (exact) mass is 437 g/mol. The Morgan fingerprint density at radius 1 is 1.34 bits per heavy atom. The van der Waals surface area contributed by atoms with Crippen LogP contribution in [0.1, 0.15) is 11.4 Å². The maximum atomic E-state index is 14.2. The topological polar surface area (TPSA) is 106 Å². The van der Waals surface area contributed by atoms with Crippen LogP contribution in [0, 0.1) is 12.7 Å². The third-order valence-corrected chi connectivity index (χ3v) is 6.45. The molecule has 154 valence electrons. The summed E-state index contributed by atoms with van der Waals surface area (Å²) in [5.41, 5.74) is 2.10. The highest BCUT2D eigenvalue weighted by Gasteiger charge is 2.17. The number of amides is 2. The van der Waals surface area contributed by atoms with Crippen LogP contribution in [-0.2, 0) is 23.3 Å². The first-order chi connectivity index (χ1) is 13.6. The second-order valence-corrected chi connectivity index (χ2v) is 9.46. The van der Waals surface area contributed by atoms with Crippen molar-refractivity contribution in [2.45, 2.75) is 18.2 Å². The number of aryl methyl sites for hydroxylation is 2. The molecule has 0 saturated carbocycles. The quantitative estimate of drug-likeness (QED) is 0.617. The number of nitrogens with zero attached hydrogens (tertiary/aromatic N) is 3. The molecule has 0 bridgehead atoms. The number of hydrogen-bond donors (Lipinski definition) is 2. The molecule has 8 nitrogen and oxygen atoms in total. The molecule has 0 atom stereocenters. The fraction of sp³-hybridized carbons (Fsp3) is 0.278. The number of nitrogens with one attached hydrogen (secondary N) is 2. The van der Waals surface area contributed by atoms with E-state index in [0.717, 1.165) is 18.0 Å². The minimum atomic E-state index is -3.64. The van der Waals surface area contributed by atoms with E-state index in [1.54, 1.807) is 19.4 Å². The lowest BCUT2D eigenvalue weighted by Crippen LogP contribution is -2.30. The Bertz CT molecular complexity index is 1150. The fourth-order valence-corrected chi connectivity index (χ4v) is 4.42. The van der Waals surface area contributed by atoms with Crippen LogP contribution in [0.2, 0.25) is 0 Å². The number of benzene rings is 1. The van der Waals surface area contributed by atoms with Crippen molar-refractivity contribution in [3.63, 3.8) is 0 Å². The molecule has 0 unspecified atom stereocenters. The van der Waals surface area contributed by atoms with Crippen molar-refractivity contribution in [1.82, 2.24) is 19.9 Å². The van der Waals surface area contributed by atoms with Gasteiger partial charge in [-0.15, -0.1) is 0 Å². The second-order valence-electron chi connectivity index (χ2n) is 6.48. The van der Waals surface area contributed by atoms with Gasteiger partial charge in [-0.25, -0.2) is 27.6 Å². The second kappa shape index (κ2) is 8.29. The lowest BCUT2D eigenvalue weighted by atomic mass is 10.1. The van der Waals surface area contributed by atoms with Crippen LogP contribution in [0.5, 0.6) is 0 Å². The standard InChI is InChI=1S/C18H20FN5O3S2/c1-11-16(12-4-5-15(14(19)8-12)29(3,26)27)28-18(22-11)23-17(25)21-7-6-13-9-20-10-24(13)2/h4-5,8-10H,6-7H2,1-3H3,(H2,21,22,23,25). The minimum Gasteiger partial charge on any atom is -0.338 e. The summed E-state index contributed by atoms with van der Waals surface area (Å²) in [6, 6.07) is 3.52. The first-order valence-corrected chi connectivity index (χ1v) is 11.3. The number of carbonyl (C=O) groups excluding carboxylic acids is 1. The zero-order valence-electron chi connectivity index (χ0n) is 16.1. The molecule has 3 rings (SSSR count). The number of hydrogen-bond acceptors (Lipinski definition) is 6. The van der Waals surface area contributed by atoms with E-state index in [9.17, 15) is 17.6 Å². The molecular weight excluding hydrogens is 417 g/mol. The number of rotatable bonds is 6. The normalized spacial score (nSPS) is 11.4. The predicted molar refractivity (Wildman–Crippen MR) is 109 cm³/mol. The molecule has 2 aromatic heterocycles. The van der Waals surface area contributed by atoms with Crippen LogP contribution >= 0.6 is 11.3 Å². The van der Waals surface area contributed by atoms with E-state index >= 15 is 0 Å². The minimum absolute atomic E-state index is 0.352. The summed E-state index contributed by atoms with van der Waals surface area (Å²) in [6.45, 7) is 2.17. The van der Waals surface area contributed by atoms with E-state index in [0.29, 0.717) is 34.2 Å². The number of thiazole rings is 1. The number of halogens is 1. The van der Waals surface area contributed by atoms with Gasteiger partial charge in [0.2, 0.25) is 0 Å². The summed E-state index contributed by atoms with van der Waals surface area (Å²) in [5, 5.41) is 5.77. The molecule has 0 saturated heterocycles. The van der Waals surface area contributed by atoms with Crippen LogP contribution < -0.4 is 10.6 Å². The average Bonchev–Trinajstić information content (AvgIpc) is 3.19. The van der Waals surface area contributed by atoms with Gasteiger partial charge in [0.1, 0.15) is 10.7 Å². The average molecular weight is 438 g/mol. The number of urea groups is 1. The summed E-state index contributed by atoms with van der Waals surface area (Å²) < 4.78 is 39.2. The van der Waals surface area contributed by atoms with Crippen molar-refractivity contribution in [1.29, 1.82) is 0 Å². The molecule has 0 fully saturated rings. The van der Waals surface area contributed by atoms with Crippen LogP contribution in [-0.4, -0.2) is 41.8 Å². The number of carbonyl (C=O) groups is 1. The van der Waals surface area contributed by atoms with Gasteiger partial charge in [-0.3, -0.25) is 5.32 Å². The first-order valence-electron chi connectivity index (χ1n) is 8.62. The van der Waals surface area contributed by atoms with E-state index in [4.69, 9.17) is 0 Å². The fourth-order valence-electron chi connectivity index (χ4n) is 2.73. The van der Waals surface area contributed by atoms with Gasteiger partial charge >= 0.3 is 6.03 Å². The maximum absolute atomic E-state index is 14.2. The Hall–Kier alpha value is -2.79. The zero-order valence-corrected chi connectivity index (χ0v) is 17.7. The van der Waals surface area contributed by atoms with Crippen molar-refractivity contribution >= 4 is 32.3 Å². The Balaban J connectivity index is 1.66. The Morgan fingerprint density at radius 2 is 2.10 bits per heavy atom. The number of aromatic nitrogens is 3. The molecule has 0 aliphatic rings. The van der Waals surface area contributed by atoms with E-state index < -0.39 is 21.7 Å². The molecule has 3 aromatic rings. The Morgan fingerprint density at radius 3 is 2.72 bits per heavy atom. The lowest BCUT2D eigenvalue weighted by Gasteiger charge is -2.05. The first kappa shape index (κ1) is 20.9. The van der Waals surface area contributed by atoms with Crippen molar-refractivity contribution in [3.05, 3.63) is 47.9 Å². The summed E-state index contributed by atoms with van der Waals surface area (Å²) in [6.07, 6.45) is 5.03. The van der Waals surface area contributed by atoms with E-state index in [1.165, 1.54) is 23.5 Å². The smallest absolute Gasteiger partial charge is 0.321 e. The molecular formula is C18H20FN5O3S2. The van der Waals surface area contributed by atoms with Gasteiger partial charge in [0.15, 0.2) is 15.0 Å². The van der Waals surface area contributed by atoms with Crippen molar-refractivity contribution < 1.29 is 17.6 Å². The van der Waals surface area contributed by atoms with Gasteiger partial charge in [-0.1, -0.05) is 17.4 Å². The molecule has 29 heavy (non-hydrogen) atoms. The van der Waals surface area contributed by atoms with Crippen LogP contribution in [0.25, 0.3) is 10.4 Å². The third kappa shape index (κ3) is 4.98. The van der Waals surface area contributed by atoms with E-state index in [2.05, 4.69) is 20.6 Å². The molecule has 0 spiro atoms. The molecule has 2 heterocycles. The van der Waals surface area contributed by atoms with Gasteiger partial charge < -0.3 is 9.88 Å². The van der Waals surface area contributed by atoms with Gasteiger partial charge in [-0.2, -0.15) is 0 Å². The molecule has 0 aliphatic heterocycles. The highest BCUT2D eigenvalue weighted by molar-refractivity contribution is 7.90. The van der Waals surface area contributed by atoms with Crippen LogP contribution in [0.3, 0.4) is 0 Å². The number of anilines is 1. The molecule has 11 heteroatoms. The van der Waals surface area contributed by atoms with E-state index in [1.807, 2.05) is 11.6 Å². The third-order valence-electron chi connectivity index (χ3n) is 4.19. The summed E-state index contributed by atoms with van der Waals surface area (Å²) >= 11 is 1.18. The van der Waals surface area contributed by atoms with Gasteiger partial charge in [-0.05, 0) is 24.6 Å². The summed E-state index contributed by atoms with van der Waals surface area (Å²) in [5.74, 6) is -0.819. The summed E-state index contributed by atoms with van der Waals surface area (Å²) in [4.78, 5) is 20.7. The highest BCUT2D eigenvalue weighted by atomic mass is 32.2. The maximum Gasteiger partial charge on any atom is 0.321 e. The van der Waals surface area contributed by atoms with E-state index in [-0.39, 0.29) is 4.90 Å². The van der Waals surface area contributed by atoms with Crippen LogP contribution in [0.4, 0.5) is 14.3 Å². The van der Waals surface area contributed by atoms with Gasteiger partial charge in [0, 0.05) is 38.2 Å². The molecule has 2 N–H and O–H groups in total. The van der Waals surface area contributed by atoms with Crippen molar-refractivity contribution in [3.8, 4) is 10.4 Å². The van der Waals surface area contributed by atoms with Crippen molar-refractivity contribution in [2.24, 2.45) is 7.05 Å². The predicted octanol–water partition coefficient (Wildman–Crippen LogP) is 2.76. The lowest BCUT2D eigenvalue weighted by molar-refractivity contribution is 0.252. The molecule has 1 aromatic carbocycles. The SMILES string of the molecule is Cc1nc(NC(=O)NCCc2cncn2C)sc1-c1ccc(S(C)(=O)=O)c(F)c1. The number of imidazole rings is 1. The molecule has 2 amide bonds. The van der Waals surface area contributed by atoms with Gasteiger partial charge in [0.05, 0.1) is 16.9 Å². The Kier molecular flexibility index (Phi) is 5.99. The Labute approximate surface area is 171 Å². The van der Waals surface area contributed by atoms with Crippen LogP contribution in [0.15, 0.2) is 35.6 Å². The highest BCUT2D eigenvalue weighted by Crippen LogP contribution is 2.34. The summed E-state index contributed by atoms with van der Waals surface area (Å²) in [7, 11) is -1.76. The molecule has 0 radical (unpaired) electrons. The van der Waals surface area contributed by atoms with Gasteiger partial charge in [0.25, 0.3) is 0 Å². The molecule has 0 aliphatic carbocycles. The largest absolute Gasteiger partial charge is 0.338 e. The number of sulfone groups is 1.